The third-order valence-electron chi connectivity index (χ3n) is 7.30. The Morgan fingerprint density at radius 3 is 2.12 bits per heavy atom. The monoisotopic (exact) mass is 552 g/mol. The van der Waals surface area contributed by atoms with Crippen molar-refractivity contribution >= 4 is 29.2 Å². The summed E-state index contributed by atoms with van der Waals surface area (Å²) in [6, 6.07) is 10.7. The molecular formula is C29H37FN6O4. The fourth-order valence-electron chi connectivity index (χ4n) is 4.86. The zero-order valence-electron chi connectivity index (χ0n) is 24.0. The van der Waals surface area contributed by atoms with Gasteiger partial charge in [0.25, 0.3) is 5.91 Å². The van der Waals surface area contributed by atoms with Crippen molar-refractivity contribution in [3.63, 3.8) is 0 Å². The number of nitrogens with zero attached hydrogens (tertiary/aromatic N) is 3. The van der Waals surface area contributed by atoms with Crippen molar-refractivity contribution < 1.29 is 23.2 Å². The number of pyridine rings is 1. The number of carbonyl (C=O) groups excluding carboxylic acids is 2. The number of hydrogen-bond acceptors (Lipinski definition) is 7. The third kappa shape index (κ3) is 6.95. The van der Waals surface area contributed by atoms with Crippen LogP contribution in [0.5, 0.6) is 5.75 Å². The van der Waals surface area contributed by atoms with Gasteiger partial charge in [0, 0.05) is 41.4 Å². The van der Waals surface area contributed by atoms with E-state index in [2.05, 4.69) is 65.7 Å². The van der Waals surface area contributed by atoms with Gasteiger partial charge in [-0.05, 0) is 85.0 Å². The van der Waals surface area contributed by atoms with E-state index >= 15 is 0 Å². The quantitative estimate of drug-likeness (QED) is 0.319. The molecule has 0 atom stereocenters. The number of ether oxygens (including phenoxy) is 1. The van der Waals surface area contributed by atoms with Crippen LogP contribution in [0, 0.1) is 0 Å². The van der Waals surface area contributed by atoms with Crippen LogP contribution in [0.1, 0.15) is 70.6 Å². The van der Waals surface area contributed by atoms with Crippen LogP contribution < -0.4 is 20.7 Å². The van der Waals surface area contributed by atoms with E-state index in [0.29, 0.717) is 17.1 Å². The van der Waals surface area contributed by atoms with Gasteiger partial charge in [-0.2, -0.15) is 0 Å². The molecule has 1 aliphatic heterocycles. The molecule has 3 aromatic rings. The first kappa shape index (κ1) is 29.0. The lowest BCUT2D eigenvalue weighted by Gasteiger charge is -2.53. The number of amides is 3. The van der Waals surface area contributed by atoms with E-state index in [-0.39, 0.29) is 40.4 Å². The Bertz CT molecular complexity index is 1330. The molecule has 0 aliphatic carbocycles. The van der Waals surface area contributed by atoms with Crippen LogP contribution in [0.25, 0.3) is 0 Å². The molecule has 0 saturated carbocycles. The Kier molecular flexibility index (Phi) is 7.89. The number of piperidine rings is 1. The highest BCUT2D eigenvalue weighted by Gasteiger charge is 2.44. The molecule has 0 unspecified atom stereocenters. The first-order chi connectivity index (χ1) is 18.6. The van der Waals surface area contributed by atoms with E-state index in [1.165, 1.54) is 19.9 Å². The number of rotatable bonds is 7. The summed E-state index contributed by atoms with van der Waals surface area (Å²) < 4.78 is 25.1. The second-order valence-corrected chi connectivity index (χ2v) is 11.9. The molecular weight excluding hydrogens is 515 g/mol. The lowest BCUT2D eigenvalue weighted by molar-refractivity contribution is -0.0557. The molecule has 10 nitrogen and oxygen atoms in total. The molecule has 1 fully saturated rings. The van der Waals surface area contributed by atoms with Crippen molar-refractivity contribution in [3.8, 4) is 5.75 Å². The van der Waals surface area contributed by atoms with Crippen LogP contribution >= 0.6 is 0 Å². The van der Waals surface area contributed by atoms with Gasteiger partial charge in [0.05, 0.1) is 6.20 Å². The van der Waals surface area contributed by atoms with Crippen molar-refractivity contribution in [2.45, 2.75) is 77.2 Å². The fraction of sp³-hybridized carbons (Fsp3) is 0.448. The lowest BCUT2D eigenvalue weighted by Crippen LogP contribution is -2.60. The van der Waals surface area contributed by atoms with Crippen LogP contribution in [-0.2, 0) is 5.67 Å². The summed E-state index contributed by atoms with van der Waals surface area (Å²) in [5.41, 5.74) is -0.357. The Balaban J connectivity index is 1.29. The largest absolute Gasteiger partial charge is 0.489 e. The van der Waals surface area contributed by atoms with Crippen molar-refractivity contribution in [1.82, 2.24) is 15.0 Å². The molecule has 11 heteroatoms. The SMILES string of the molecule is CN1C(C)(C)CC(Oc2ccc(C(=O)Nc3ccc(NC(=O)Nc4cc(C(C)(C)F)no4)cc3)nc2)CC1(C)C. The topological polar surface area (TPSA) is 122 Å². The molecule has 4 rings (SSSR count). The summed E-state index contributed by atoms with van der Waals surface area (Å²) >= 11 is 0. The Morgan fingerprint density at radius 2 is 1.60 bits per heavy atom. The predicted molar refractivity (Wildman–Crippen MR) is 151 cm³/mol. The minimum atomic E-state index is -1.69. The normalized spacial score (nSPS) is 17.2. The molecule has 1 aliphatic rings. The van der Waals surface area contributed by atoms with Crippen LogP contribution in [0.4, 0.5) is 26.4 Å². The highest BCUT2D eigenvalue weighted by atomic mass is 19.1. The smallest absolute Gasteiger partial charge is 0.326 e. The molecule has 0 spiro atoms. The summed E-state index contributed by atoms with van der Waals surface area (Å²) in [5, 5.41) is 11.5. The van der Waals surface area contributed by atoms with E-state index in [1.54, 1.807) is 42.6 Å². The van der Waals surface area contributed by atoms with Gasteiger partial charge < -0.3 is 19.9 Å². The van der Waals surface area contributed by atoms with Gasteiger partial charge in [-0.15, -0.1) is 0 Å². The Morgan fingerprint density at radius 1 is 1.00 bits per heavy atom. The Labute approximate surface area is 233 Å². The lowest BCUT2D eigenvalue weighted by atomic mass is 9.79. The maximum absolute atomic E-state index is 13.9. The van der Waals surface area contributed by atoms with Gasteiger partial charge in [0.15, 0.2) is 5.67 Å². The number of benzene rings is 1. The minimum Gasteiger partial charge on any atom is -0.489 e. The number of alkyl halides is 1. The van der Waals surface area contributed by atoms with E-state index in [4.69, 9.17) is 9.26 Å². The average molecular weight is 553 g/mol. The summed E-state index contributed by atoms with van der Waals surface area (Å²) in [7, 11) is 2.15. The first-order valence-electron chi connectivity index (χ1n) is 13.1. The van der Waals surface area contributed by atoms with Crippen LogP contribution in [-0.4, -0.2) is 51.2 Å². The number of urea groups is 1. The zero-order valence-corrected chi connectivity index (χ0v) is 24.0. The highest BCUT2D eigenvalue weighted by molar-refractivity contribution is 6.03. The summed E-state index contributed by atoms with van der Waals surface area (Å²) in [4.78, 5) is 31.6. The molecule has 1 aromatic carbocycles. The van der Waals surface area contributed by atoms with E-state index < -0.39 is 11.7 Å². The number of anilines is 3. The second-order valence-electron chi connectivity index (χ2n) is 11.9. The maximum atomic E-state index is 13.9. The number of halogens is 1. The van der Waals surface area contributed by atoms with Gasteiger partial charge in [-0.1, -0.05) is 5.16 Å². The Hall–Kier alpha value is -3.99. The predicted octanol–water partition coefficient (Wildman–Crippen LogP) is 6.20. The number of aromatic nitrogens is 2. The van der Waals surface area contributed by atoms with E-state index in [9.17, 15) is 14.0 Å². The van der Waals surface area contributed by atoms with Gasteiger partial charge in [-0.25, -0.2) is 14.2 Å². The number of carbonyl (C=O) groups is 2. The molecule has 0 bridgehead atoms. The van der Waals surface area contributed by atoms with Crippen LogP contribution in [0.15, 0.2) is 53.2 Å². The number of likely N-dealkylation sites (tertiary alicyclic amines) is 1. The summed E-state index contributed by atoms with van der Waals surface area (Å²) in [6.07, 6.45) is 3.40. The maximum Gasteiger partial charge on any atom is 0.326 e. The van der Waals surface area contributed by atoms with Crippen molar-refractivity contribution in [1.29, 1.82) is 0 Å². The van der Waals surface area contributed by atoms with Crippen molar-refractivity contribution in [2.24, 2.45) is 0 Å². The molecule has 3 N–H and O–H groups in total. The molecule has 1 saturated heterocycles. The van der Waals surface area contributed by atoms with Gasteiger partial charge in [-0.3, -0.25) is 15.0 Å². The minimum absolute atomic E-state index is 0.00307. The third-order valence-corrected chi connectivity index (χ3v) is 7.30. The molecule has 40 heavy (non-hydrogen) atoms. The van der Waals surface area contributed by atoms with Crippen LogP contribution in [0.3, 0.4) is 0 Å². The molecule has 2 aromatic heterocycles. The molecule has 3 amide bonds. The van der Waals surface area contributed by atoms with E-state index in [1.807, 2.05) is 0 Å². The average Bonchev–Trinajstić information content (AvgIpc) is 3.33. The zero-order chi connectivity index (χ0) is 29.3. The van der Waals surface area contributed by atoms with Crippen molar-refractivity contribution in [3.05, 3.63) is 60.0 Å². The molecule has 0 radical (unpaired) electrons. The van der Waals surface area contributed by atoms with Gasteiger partial charge >= 0.3 is 6.03 Å². The van der Waals surface area contributed by atoms with Gasteiger partial charge in [0.1, 0.15) is 23.2 Å². The highest BCUT2D eigenvalue weighted by Crippen LogP contribution is 2.38. The van der Waals surface area contributed by atoms with Crippen molar-refractivity contribution in [2.75, 3.05) is 23.0 Å². The van der Waals surface area contributed by atoms with Gasteiger partial charge in [0.2, 0.25) is 5.88 Å². The summed E-state index contributed by atoms with van der Waals surface area (Å²) in [6.45, 7) is 11.6. The fourth-order valence-corrected chi connectivity index (χ4v) is 4.86. The summed E-state index contributed by atoms with van der Waals surface area (Å²) in [5.74, 6) is 0.273. The van der Waals surface area contributed by atoms with Crippen LogP contribution in [0.2, 0.25) is 0 Å². The molecule has 214 valence electrons. The van der Waals surface area contributed by atoms with E-state index in [0.717, 1.165) is 12.8 Å². The second kappa shape index (κ2) is 10.9. The molecule has 3 heterocycles. The first-order valence-corrected chi connectivity index (χ1v) is 13.1. The number of hydrogen-bond donors (Lipinski definition) is 3. The standard InChI is InChI=1S/C29H37FN6O4/c1-27(2)15-21(16-28(3,4)36(27)7)39-20-12-13-22(31-17-20)25(37)32-18-8-10-19(11-9-18)33-26(38)34-24-14-23(35-40-24)29(5,6)30/h8-14,17,21H,15-16H2,1-7H3,(H,32,37)(H2,33,34,38). The number of nitrogens with one attached hydrogen (secondary N) is 3.